The topological polar surface area (TPSA) is 20.3 Å². The average Bonchev–Trinajstić information content (AvgIpc) is 2.87. The van der Waals surface area contributed by atoms with E-state index in [1.54, 1.807) is 6.07 Å². The Labute approximate surface area is 137 Å². The van der Waals surface area contributed by atoms with E-state index in [1.165, 1.54) is 0 Å². The van der Waals surface area contributed by atoms with E-state index in [1.807, 2.05) is 17.0 Å². The zero-order chi connectivity index (χ0) is 15.6. The molecule has 1 saturated heterocycles. The largest absolute Gasteiger partial charge is 0.342 e. The molecule has 0 bridgehead atoms. The highest BCUT2D eigenvalue weighted by Gasteiger charge is 2.33. The minimum absolute atomic E-state index is 0.229. The van der Waals surface area contributed by atoms with Crippen molar-refractivity contribution in [3.8, 4) is 0 Å². The van der Waals surface area contributed by atoms with Crippen molar-refractivity contribution in [2.24, 2.45) is 11.3 Å². The molecule has 4 heteroatoms. The quantitative estimate of drug-likeness (QED) is 0.779. The molecule has 0 N–H and O–H groups in total. The summed E-state index contributed by atoms with van der Waals surface area (Å²) in [6, 6.07) is 5.45. The molecule has 1 aromatic carbocycles. The molecule has 21 heavy (non-hydrogen) atoms. The number of benzene rings is 1. The Hall–Kier alpha value is -0.730. The summed E-state index contributed by atoms with van der Waals surface area (Å²) in [4.78, 5) is 14.3. The predicted molar refractivity (Wildman–Crippen MR) is 88.9 cm³/mol. The van der Waals surface area contributed by atoms with Gasteiger partial charge in [-0.2, -0.15) is 0 Å². The molecule has 116 valence electrons. The van der Waals surface area contributed by atoms with Crippen molar-refractivity contribution >= 4 is 29.1 Å². The number of aryl methyl sites for hydroxylation is 1. The molecular formula is C17H23Cl2NO. The van der Waals surface area contributed by atoms with Gasteiger partial charge < -0.3 is 4.90 Å². The van der Waals surface area contributed by atoms with Crippen LogP contribution in [-0.2, 0) is 11.2 Å². The number of rotatable bonds is 3. The summed E-state index contributed by atoms with van der Waals surface area (Å²) in [7, 11) is 0. The van der Waals surface area contributed by atoms with Crippen molar-refractivity contribution in [2.75, 3.05) is 13.1 Å². The minimum atomic E-state index is 0.229. The molecule has 0 spiro atoms. The Morgan fingerprint density at radius 2 is 2.05 bits per heavy atom. The first kappa shape index (κ1) is 16.6. The second-order valence-electron chi connectivity index (χ2n) is 6.93. The van der Waals surface area contributed by atoms with Crippen LogP contribution in [-0.4, -0.2) is 23.9 Å². The van der Waals surface area contributed by atoms with Gasteiger partial charge in [0, 0.05) is 29.6 Å². The van der Waals surface area contributed by atoms with Gasteiger partial charge in [0.1, 0.15) is 0 Å². The lowest BCUT2D eigenvalue weighted by Gasteiger charge is -2.27. The maximum atomic E-state index is 12.3. The van der Waals surface area contributed by atoms with Crippen molar-refractivity contribution in [2.45, 2.75) is 40.0 Å². The predicted octanol–water partition coefficient (Wildman–Crippen LogP) is 4.82. The molecular weight excluding hydrogens is 305 g/mol. The van der Waals surface area contributed by atoms with E-state index in [4.69, 9.17) is 23.2 Å². The summed E-state index contributed by atoms with van der Waals surface area (Å²) < 4.78 is 0. The van der Waals surface area contributed by atoms with Crippen molar-refractivity contribution < 1.29 is 4.79 Å². The van der Waals surface area contributed by atoms with E-state index in [9.17, 15) is 4.79 Å². The second kappa shape index (κ2) is 6.58. The van der Waals surface area contributed by atoms with E-state index < -0.39 is 0 Å². The van der Waals surface area contributed by atoms with Gasteiger partial charge in [0.25, 0.3) is 0 Å². The fourth-order valence-electron chi connectivity index (χ4n) is 2.82. The summed E-state index contributed by atoms with van der Waals surface area (Å²) in [6.07, 6.45) is 2.29. The maximum Gasteiger partial charge on any atom is 0.222 e. The fraction of sp³-hybridized carbons (Fsp3) is 0.588. The number of hydrogen-bond acceptors (Lipinski definition) is 1. The molecule has 1 unspecified atom stereocenters. The summed E-state index contributed by atoms with van der Waals surface area (Å²) in [5.74, 6) is 0.827. The third kappa shape index (κ3) is 4.37. The molecule has 1 fully saturated rings. The molecule has 0 aliphatic carbocycles. The molecule has 1 aromatic rings. The van der Waals surface area contributed by atoms with Crippen LogP contribution < -0.4 is 0 Å². The average molecular weight is 328 g/mol. The Balaban J connectivity index is 1.88. The Morgan fingerprint density at radius 1 is 1.33 bits per heavy atom. The number of carbonyl (C=O) groups is 1. The number of halogens is 2. The van der Waals surface area contributed by atoms with Gasteiger partial charge in [-0.15, -0.1) is 0 Å². The molecule has 0 aromatic heterocycles. The maximum absolute atomic E-state index is 12.3. The Bertz CT molecular complexity index is 522. The molecule has 2 rings (SSSR count). The molecule has 2 nitrogen and oxygen atoms in total. The van der Waals surface area contributed by atoms with Crippen LogP contribution in [0, 0.1) is 11.3 Å². The monoisotopic (exact) mass is 327 g/mol. The number of likely N-dealkylation sites (tertiary alicyclic amines) is 1. The highest BCUT2D eigenvalue weighted by Crippen LogP contribution is 2.33. The van der Waals surface area contributed by atoms with Crippen LogP contribution in [0.25, 0.3) is 0 Å². The van der Waals surface area contributed by atoms with Gasteiger partial charge in [0.05, 0.1) is 0 Å². The van der Waals surface area contributed by atoms with Crippen LogP contribution in [0.15, 0.2) is 18.2 Å². The van der Waals surface area contributed by atoms with E-state index in [2.05, 4.69) is 20.8 Å². The van der Waals surface area contributed by atoms with E-state index in [-0.39, 0.29) is 11.3 Å². The van der Waals surface area contributed by atoms with Crippen molar-refractivity contribution in [1.29, 1.82) is 0 Å². The van der Waals surface area contributed by atoms with Crippen LogP contribution in [0.2, 0.25) is 10.0 Å². The van der Waals surface area contributed by atoms with Crippen molar-refractivity contribution in [1.82, 2.24) is 4.90 Å². The standard InChI is InChI=1S/C17H23Cl2NO/c1-17(2,3)13-8-9-20(11-13)16(21)7-5-12-4-6-14(18)10-15(12)19/h4,6,10,13H,5,7-9,11H2,1-3H3. The Morgan fingerprint density at radius 3 is 2.62 bits per heavy atom. The molecule has 1 atom stereocenters. The zero-order valence-electron chi connectivity index (χ0n) is 13.0. The highest BCUT2D eigenvalue weighted by molar-refractivity contribution is 6.35. The van der Waals surface area contributed by atoms with Gasteiger partial charge >= 0.3 is 0 Å². The SMILES string of the molecule is CC(C)(C)C1CCN(C(=O)CCc2ccc(Cl)cc2Cl)C1. The van der Waals surface area contributed by atoms with Crippen molar-refractivity contribution in [3.63, 3.8) is 0 Å². The molecule has 1 aliphatic heterocycles. The Kier molecular flexibility index (Phi) is 5.21. The lowest BCUT2D eigenvalue weighted by molar-refractivity contribution is -0.130. The van der Waals surface area contributed by atoms with E-state index >= 15 is 0 Å². The number of amides is 1. The van der Waals surface area contributed by atoms with Gasteiger partial charge in [0.2, 0.25) is 5.91 Å². The minimum Gasteiger partial charge on any atom is -0.342 e. The van der Waals surface area contributed by atoms with E-state index in [0.29, 0.717) is 28.8 Å². The highest BCUT2D eigenvalue weighted by atomic mass is 35.5. The first-order valence-corrected chi connectivity index (χ1v) is 8.24. The summed E-state index contributed by atoms with van der Waals surface area (Å²) in [5, 5.41) is 1.27. The third-order valence-corrected chi connectivity index (χ3v) is 4.98. The van der Waals surface area contributed by atoms with Crippen LogP contribution in [0.3, 0.4) is 0 Å². The molecule has 0 radical (unpaired) electrons. The molecule has 1 aliphatic rings. The van der Waals surface area contributed by atoms with Gasteiger partial charge in [-0.25, -0.2) is 0 Å². The fourth-order valence-corrected chi connectivity index (χ4v) is 3.32. The summed E-state index contributed by atoms with van der Waals surface area (Å²) in [6.45, 7) is 8.52. The molecule has 1 heterocycles. The van der Waals surface area contributed by atoms with Gasteiger partial charge in [0.15, 0.2) is 0 Å². The summed E-state index contributed by atoms with van der Waals surface area (Å²) >= 11 is 12.0. The lowest BCUT2D eigenvalue weighted by atomic mass is 9.80. The van der Waals surface area contributed by atoms with Gasteiger partial charge in [-0.05, 0) is 41.9 Å². The first-order chi connectivity index (χ1) is 9.77. The number of hydrogen-bond donors (Lipinski definition) is 0. The first-order valence-electron chi connectivity index (χ1n) is 7.49. The van der Waals surface area contributed by atoms with Gasteiger partial charge in [-0.1, -0.05) is 50.0 Å². The number of nitrogens with zero attached hydrogens (tertiary/aromatic N) is 1. The third-order valence-electron chi connectivity index (χ3n) is 4.39. The summed E-state index contributed by atoms with van der Waals surface area (Å²) in [5.41, 5.74) is 1.26. The van der Waals surface area contributed by atoms with Gasteiger partial charge in [-0.3, -0.25) is 4.79 Å². The van der Waals surface area contributed by atoms with Crippen LogP contribution in [0.5, 0.6) is 0 Å². The lowest BCUT2D eigenvalue weighted by Crippen LogP contribution is -2.31. The van der Waals surface area contributed by atoms with E-state index in [0.717, 1.165) is 25.1 Å². The molecule has 0 saturated carbocycles. The van der Waals surface area contributed by atoms with Crippen LogP contribution >= 0.6 is 23.2 Å². The molecule has 1 amide bonds. The van der Waals surface area contributed by atoms with Crippen LogP contribution in [0.1, 0.15) is 39.2 Å². The van der Waals surface area contributed by atoms with Crippen LogP contribution in [0.4, 0.5) is 0 Å². The number of carbonyl (C=O) groups excluding carboxylic acids is 1. The van der Waals surface area contributed by atoms with Crippen molar-refractivity contribution in [3.05, 3.63) is 33.8 Å². The second-order valence-corrected chi connectivity index (χ2v) is 7.77. The normalized spacial score (nSPS) is 19.1. The smallest absolute Gasteiger partial charge is 0.222 e. The zero-order valence-corrected chi connectivity index (χ0v) is 14.5.